The highest BCUT2D eigenvalue weighted by Crippen LogP contribution is 2.36. The minimum atomic E-state index is -4.69. The molecule has 166 valence electrons. The lowest BCUT2D eigenvalue weighted by molar-refractivity contribution is -0.137. The molecule has 0 saturated heterocycles. The summed E-state index contributed by atoms with van der Waals surface area (Å²) in [4.78, 5) is 21.7. The second kappa shape index (κ2) is 8.30. The van der Waals surface area contributed by atoms with Crippen LogP contribution in [0.25, 0.3) is 0 Å². The van der Waals surface area contributed by atoms with Crippen molar-refractivity contribution in [1.82, 2.24) is 15.9 Å². The molecule has 4 N–H and O–H groups in total. The lowest BCUT2D eigenvalue weighted by atomic mass is 10.2. The third kappa shape index (κ3) is 4.54. The fourth-order valence-electron chi connectivity index (χ4n) is 2.78. The topological polar surface area (TPSA) is 90.0 Å². The minimum absolute atomic E-state index is 0.112. The number of benzene rings is 2. The number of carbonyl (C=O) groups excluding carboxylic acids is 1. The predicted molar refractivity (Wildman–Crippen MR) is 109 cm³/mol. The summed E-state index contributed by atoms with van der Waals surface area (Å²) < 4.78 is 53.3. The van der Waals surface area contributed by atoms with Gasteiger partial charge in [-0.15, -0.1) is 0 Å². The van der Waals surface area contributed by atoms with E-state index in [1.54, 1.807) is 12.4 Å². The predicted octanol–water partition coefficient (Wildman–Crippen LogP) is 4.57. The molecule has 2 aliphatic rings. The van der Waals surface area contributed by atoms with Crippen LogP contribution in [0.3, 0.4) is 0 Å². The zero-order valence-electron chi connectivity index (χ0n) is 15.8. The van der Waals surface area contributed by atoms with Gasteiger partial charge in [0.15, 0.2) is 11.6 Å². The van der Waals surface area contributed by atoms with E-state index in [9.17, 15) is 22.4 Å². The Bertz CT molecular complexity index is 1160. The lowest BCUT2D eigenvalue weighted by Crippen LogP contribution is -2.29. The van der Waals surface area contributed by atoms with Crippen LogP contribution in [0.2, 0.25) is 5.02 Å². The van der Waals surface area contributed by atoms with Crippen molar-refractivity contribution in [3.63, 3.8) is 0 Å². The molecule has 0 bridgehead atoms. The largest absolute Gasteiger partial charge is 0.417 e. The number of nitrogens with zero attached hydrogens (tertiary/aromatic N) is 2. The van der Waals surface area contributed by atoms with Crippen molar-refractivity contribution >= 4 is 35.3 Å². The van der Waals surface area contributed by atoms with Crippen molar-refractivity contribution in [3.8, 4) is 5.75 Å². The van der Waals surface area contributed by atoms with E-state index in [0.29, 0.717) is 17.5 Å². The minimum Gasteiger partial charge on any atom is -0.374 e. The van der Waals surface area contributed by atoms with Crippen LogP contribution < -0.4 is 26.3 Å². The van der Waals surface area contributed by atoms with Gasteiger partial charge in [0.25, 0.3) is 0 Å². The van der Waals surface area contributed by atoms with Crippen molar-refractivity contribution in [1.29, 1.82) is 0 Å². The first kappa shape index (κ1) is 21.3. The Morgan fingerprint density at radius 3 is 2.72 bits per heavy atom. The lowest BCUT2D eigenvalue weighted by Gasteiger charge is -2.22. The average Bonchev–Trinajstić information content (AvgIpc) is 3.21. The number of anilines is 2. The van der Waals surface area contributed by atoms with E-state index in [4.69, 9.17) is 16.4 Å². The third-order valence-corrected chi connectivity index (χ3v) is 4.56. The summed E-state index contributed by atoms with van der Waals surface area (Å²) in [6, 6.07) is 5.59. The number of rotatable bonds is 4. The fourth-order valence-corrected chi connectivity index (χ4v) is 3.01. The zero-order chi connectivity index (χ0) is 22.9. The molecule has 0 atom stereocenters. The van der Waals surface area contributed by atoms with Gasteiger partial charge in [-0.2, -0.15) is 18.2 Å². The average molecular weight is 469 g/mol. The second-order valence-electron chi connectivity index (χ2n) is 6.44. The van der Waals surface area contributed by atoms with Crippen molar-refractivity contribution in [2.45, 2.75) is 6.18 Å². The van der Waals surface area contributed by atoms with E-state index in [-0.39, 0.29) is 17.1 Å². The molecule has 2 aromatic carbocycles. The first-order valence-corrected chi connectivity index (χ1v) is 9.25. The molecule has 0 fully saturated rings. The highest BCUT2D eigenvalue weighted by Gasteiger charge is 2.33. The summed E-state index contributed by atoms with van der Waals surface area (Å²) in [6.45, 7) is 0. The van der Waals surface area contributed by atoms with Crippen molar-refractivity contribution in [2.24, 2.45) is 4.99 Å². The van der Waals surface area contributed by atoms with Gasteiger partial charge in [0.1, 0.15) is 17.7 Å². The summed E-state index contributed by atoms with van der Waals surface area (Å²) in [5.41, 5.74) is 5.39. The second-order valence-corrected chi connectivity index (χ2v) is 6.84. The van der Waals surface area contributed by atoms with Crippen LogP contribution in [0.5, 0.6) is 5.75 Å². The van der Waals surface area contributed by atoms with Gasteiger partial charge in [0.05, 0.1) is 22.5 Å². The van der Waals surface area contributed by atoms with Crippen LogP contribution in [-0.2, 0) is 6.18 Å². The van der Waals surface area contributed by atoms with Gasteiger partial charge < -0.3 is 20.9 Å². The molecule has 2 aliphatic heterocycles. The van der Waals surface area contributed by atoms with Crippen LogP contribution >= 0.6 is 11.6 Å². The zero-order valence-corrected chi connectivity index (χ0v) is 16.6. The van der Waals surface area contributed by atoms with Gasteiger partial charge in [0, 0.05) is 18.0 Å². The summed E-state index contributed by atoms with van der Waals surface area (Å²) in [5, 5.41) is 5.22. The first-order chi connectivity index (χ1) is 15.2. The molecule has 2 amide bonds. The number of hydrazine groups is 1. The molecular weight excluding hydrogens is 456 g/mol. The number of hydroxylamine groups is 2. The van der Waals surface area contributed by atoms with Gasteiger partial charge in [-0.3, -0.25) is 5.43 Å². The summed E-state index contributed by atoms with van der Waals surface area (Å²) in [5.74, 6) is -0.715. The Balaban J connectivity index is 1.41. The van der Waals surface area contributed by atoms with Gasteiger partial charge in [-0.25, -0.2) is 14.2 Å². The highest BCUT2D eigenvalue weighted by atomic mass is 35.5. The molecule has 0 radical (unpaired) electrons. The molecule has 13 heteroatoms. The Labute approximate surface area is 183 Å². The van der Waals surface area contributed by atoms with E-state index in [1.165, 1.54) is 29.6 Å². The van der Waals surface area contributed by atoms with Crippen molar-refractivity contribution in [3.05, 3.63) is 76.6 Å². The van der Waals surface area contributed by atoms with Gasteiger partial charge in [-0.1, -0.05) is 11.6 Å². The number of amides is 2. The maximum Gasteiger partial charge on any atom is 0.417 e. The monoisotopic (exact) mass is 468 g/mol. The van der Waals surface area contributed by atoms with E-state index in [0.717, 1.165) is 12.1 Å². The van der Waals surface area contributed by atoms with Crippen molar-refractivity contribution < 1.29 is 27.2 Å². The molecular formula is C19H13ClF4N6O2. The van der Waals surface area contributed by atoms with Gasteiger partial charge in [0.2, 0.25) is 0 Å². The third-order valence-electron chi connectivity index (χ3n) is 4.23. The smallest absolute Gasteiger partial charge is 0.374 e. The number of fused-ring (bicyclic) bond motifs is 1. The number of nitrogens with one attached hydrogen (secondary N) is 4. The van der Waals surface area contributed by atoms with Crippen LogP contribution in [0, 0.1) is 5.82 Å². The maximum atomic E-state index is 14.5. The van der Waals surface area contributed by atoms with Crippen LogP contribution in [0.1, 0.15) is 5.56 Å². The van der Waals surface area contributed by atoms with Gasteiger partial charge >= 0.3 is 12.2 Å². The molecule has 32 heavy (non-hydrogen) atoms. The van der Waals surface area contributed by atoms with E-state index >= 15 is 0 Å². The Kier molecular flexibility index (Phi) is 5.53. The SMILES string of the molecule is O=C(Nc1ccc(Cl)c(C(F)(F)F)c1)Nc1ccc(ON2C=NC=C3NNC=C32)cc1F. The number of halogens is 5. The number of hydrogen-bond acceptors (Lipinski definition) is 6. The number of urea groups is 1. The van der Waals surface area contributed by atoms with Crippen LogP contribution in [-0.4, -0.2) is 17.4 Å². The van der Waals surface area contributed by atoms with E-state index in [1.807, 2.05) is 0 Å². The molecule has 0 aliphatic carbocycles. The Hall–Kier alpha value is -3.93. The molecule has 2 heterocycles. The summed E-state index contributed by atoms with van der Waals surface area (Å²) in [7, 11) is 0. The maximum absolute atomic E-state index is 14.5. The van der Waals surface area contributed by atoms with Crippen molar-refractivity contribution in [2.75, 3.05) is 10.6 Å². The molecule has 8 nitrogen and oxygen atoms in total. The number of aliphatic imine (C=N–C) groups is 1. The Morgan fingerprint density at radius 2 is 1.97 bits per heavy atom. The van der Waals surface area contributed by atoms with Crippen LogP contribution in [0.4, 0.5) is 33.7 Å². The molecule has 0 spiro atoms. The molecule has 0 saturated carbocycles. The number of carbonyl (C=O) groups is 1. The number of hydrogen-bond donors (Lipinski definition) is 4. The number of alkyl halides is 3. The molecule has 2 aromatic rings. The highest BCUT2D eigenvalue weighted by molar-refractivity contribution is 6.31. The summed E-state index contributed by atoms with van der Waals surface area (Å²) >= 11 is 5.55. The molecule has 0 aromatic heterocycles. The molecule has 0 unspecified atom stereocenters. The standard InChI is InChI=1S/C19H13ClF4N6O2/c20-13-3-1-10(5-12(13)19(22,23)24)27-18(31)28-15-4-2-11(6-14(15)21)32-30-9-25-7-16-17(30)8-26-29-16/h1-9,26,29H,(H2,27,28,31). The van der Waals surface area contributed by atoms with E-state index in [2.05, 4.69) is 26.5 Å². The van der Waals surface area contributed by atoms with E-state index < -0.39 is 28.6 Å². The fraction of sp³-hybridized carbons (Fsp3) is 0.0526. The van der Waals surface area contributed by atoms with Gasteiger partial charge in [-0.05, 0) is 30.3 Å². The normalized spacial score (nSPS) is 14.6. The van der Waals surface area contributed by atoms with Crippen LogP contribution in [0.15, 0.2) is 65.2 Å². The summed E-state index contributed by atoms with van der Waals surface area (Å²) in [6.07, 6.45) is -0.128. The first-order valence-electron chi connectivity index (χ1n) is 8.88. The quantitative estimate of drug-likeness (QED) is 0.494. The Morgan fingerprint density at radius 1 is 1.16 bits per heavy atom. The molecule has 4 rings (SSSR count).